The summed E-state index contributed by atoms with van der Waals surface area (Å²) in [5.41, 5.74) is 0.364. The Morgan fingerprint density at radius 3 is 2.29 bits per heavy atom. The first-order valence-corrected chi connectivity index (χ1v) is 9.41. The molecule has 1 saturated carbocycles. The predicted octanol–water partition coefficient (Wildman–Crippen LogP) is 1.94. The Labute approximate surface area is 145 Å². The molecule has 0 radical (unpaired) electrons. The molecule has 24 heavy (non-hydrogen) atoms. The summed E-state index contributed by atoms with van der Waals surface area (Å²) in [5.74, 6) is 0.201. The van der Waals surface area contributed by atoms with E-state index < -0.39 is 0 Å². The highest BCUT2D eigenvalue weighted by atomic mass is 16.6. The molecule has 3 aliphatic rings. The summed E-state index contributed by atoms with van der Waals surface area (Å²) in [6.45, 7) is 10.8. The molecule has 2 saturated heterocycles. The molecule has 1 spiro atoms. The summed E-state index contributed by atoms with van der Waals surface area (Å²) >= 11 is 0. The van der Waals surface area contributed by atoms with Crippen LogP contribution in [0.15, 0.2) is 0 Å². The minimum atomic E-state index is -0.156. The fourth-order valence-electron chi connectivity index (χ4n) is 4.86. The minimum Gasteiger partial charge on any atom is -0.450 e. The smallest absolute Gasteiger partial charge is 0.409 e. The monoisotopic (exact) mass is 337 g/mol. The van der Waals surface area contributed by atoms with E-state index in [9.17, 15) is 9.59 Å². The summed E-state index contributed by atoms with van der Waals surface area (Å²) in [6, 6.07) is 1.09. The van der Waals surface area contributed by atoms with E-state index in [1.165, 1.54) is 12.8 Å². The number of nitrogens with zero attached hydrogens (tertiary/aromatic N) is 3. The number of amides is 2. The van der Waals surface area contributed by atoms with Gasteiger partial charge in [-0.3, -0.25) is 4.79 Å². The molecular weight excluding hydrogens is 306 g/mol. The van der Waals surface area contributed by atoms with Gasteiger partial charge in [-0.15, -0.1) is 0 Å². The van der Waals surface area contributed by atoms with Crippen molar-refractivity contribution in [3.63, 3.8) is 0 Å². The molecule has 0 aromatic heterocycles. The Bertz CT molecular complexity index is 474. The van der Waals surface area contributed by atoms with Gasteiger partial charge in [0.1, 0.15) is 0 Å². The van der Waals surface area contributed by atoms with Crippen LogP contribution < -0.4 is 0 Å². The quantitative estimate of drug-likeness (QED) is 0.787. The van der Waals surface area contributed by atoms with Gasteiger partial charge < -0.3 is 19.4 Å². The van der Waals surface area contributed by atoms with Gasteiger partial charge in [0.2, 0.25) is 5.91 Å². The number of likely N-dealkylation sites (tertiary alicyclic amines) is 2. The molecule has 3 rings (SSSR count). The number of carbonyl (C=O) groups is 2. The highest BCUT2D eigenvalue weighted by Gasteiger charge is 2.55. The highest BCUT2D eigenvalue weighted by Crippen LogP contribution is 2.50. The molecule has 0 unspecified atom stereocenters. The third-order valence-corrected chi connectivity index (χ3v) is 6.12. The fourth-order valence-corrected chi connectivity index (χ4v) is 4.86. The molecule has 6 heteroatoms. The van der Waals surface area contributed by atoms with Crippen LogP contribution in [-0.2, 0) is 9.53 Å². The van der Waals surface area contributed by atoms with Crippen LogP contribution in [0.1, 0.15) is 46.5 Å². The molecule has 0 aromatic rings. The first-order chi connectivity index (χ1) is 11.5. The molecule has 2 heterocycles. The zero-order chi connectivity index (χ0) is 17.3. The van der Waals surface area contributed by atoms with Crippen LogP contribution in [0.3, 0.4) is 0 Å². The summed E-state index contributed by atoms with van der Waals surface area (Å²) < 4.78 is 5.06. The van der Waals surface area contributed by atoms with Gasteiger partial charge in [-0.1, -0.05) is 0 Å². The molecule has 0 N–H and O–H groups in total. The maximum absolute atomic E-state index is 11.7. The number of hydrogen-bond acceptors (Lipinski definition) is 4. The van der Waals surface area contributed by atoms with Crippen molar-refractivity contribution in [3.8, 4) is 0 Å². The van der Waals surface area contributed by atoms with Gasteiger partial charge in [0.15, 0.2) is 0 Å². The molecule has 2 amide bonds. The Hall–Kier alpha value is -1.30. The molecule has 0 aromatic carbocycles. The van der Waals surface area contributed by atoms with E-state index in [2.05, 4.69) is 11.8 Å². The topological polar surface area (TPSA) is 53.1 Å². The molecular formula is C18H31N3O3. The van der Waals surface area contributed by atoms with Crippen LogP contribution in [0.2, 0.25) is 0 Å². The number of ether oxygens (including phenoxy) is 1. The summed E-state index contributed by atoms with van der Waals surface area (Å²) in [7, 11) is 0. The van der Waals surface area contributed by atoms with Crippen molar-refractivity contribution >= 4 is 12.0 Å². The van der Waals surface area contributed by atoms with Crippen molar-refractivity contribution in [2.45, 2.75) is 58.5 Å². The van der Waals surface area contributed by atoms with Gasteiger partial charge in [0, 0.05) is 57.1 Å². The average Bonchev–Trinajstić information content (AvgIpc) is 2.46. The van der Waals surface area contributed by atoms with Crippen LogP contribution in [0.25, 0.3) is 0 Å². The lowest BCUT2D eigenvalue weighted by Crippen LogP contribution is -2.68. The SMILES string of the molecule is CCOC(=O)N1CC2(CC(N3CCC(N(CC)C(C)=O)CC3)C2)C1. The molecule has 0 atom stereocenters. The maximum atomic E-state index is 11.7. The molecule has 3 fully saturated rings. The maximum Gasteiger partial charge on any atom is 0.409 e. The number of carbonyl (C=O) groups excluding carboxylic acids is 2. The minimum absolute atomic E-state index is 0.156. The predicted molar refractivity (Wildman–Crippen MR) is 91.7 cm³/mol. The first kappa shape index (κ1) is 17.5. The second-order valence-corrected chi connectivity index (χ2v) is 7.69. The van der Waals surface area contributed by atoms with Crippen molar-refractivity contribution < 1.29 is 14.3 Å². The van der Waals surface area contributed by atoms with Crippen LogP contribution in [0.4, 0.5) is 4.79 Å². The largest absolute Gasteiger partial charge is 0.450 e. The average molecular weight is 337 g/mol. The standard InChI is InChI=1S/C18H31N3O3/c1-4-21(14(3)22)15-6-8-19(9-7-15)16-10-18(11-16)12-20(13-18)17(23)24-5-2/h15-16H,4-13H2,1-3H3. The lowest BCUT2D eigenvalue weighted by atomic mass is 9.60. The third kappa shape index (κ3) is 3.25. The Balaban J connectivity index is 1.40. The van der Waals surface area contributed by atoms with E-state index in [4.69, 9.17) is 4.74 Å². The van der Waals surface area contributed by atoms with Gasteiger partial charge in [0.05, 0.1) is 6.61 Å². The van der Waals surface area contributed by atoms with E-state index in [0.717, 1.165) is 45.6 Å². The lowest BCUT2D eigenvalue weighted by Gasteiger charge is -2.61. The van der Waals surface area contributed by atoms with Gasteiger partial charge in [-0.2, -0.15) is 0 Å². The fraction of sp³-hybridized carbons (Fsp3) is 0.889. The molecule has 6 nitrogen and oxygen atoms in total. The van der Waals surface area contributed by atoms with E-state index in [1.807, 2.05) is 16.7 Å². The van der Waals surface area contributed by atoms with Gasteiger partial charge in [-0.25, -0.2) is 4.79 Å². The highest BCUT2D eigenvalue weighted by molar-refractivity contribution is 5.73. The lowest BCUT2D eigenvalue weighted by molar-refractivity contribution is -0.133. The third-order valence-electron chi connectivity index (χ3n) is 6.12. The van der Waals surface area contributed by atoms with Crippen molar-refractivity contribution in [1.82, 2.24) is 14.7 Å². The van der Waals surface area contributed by atoms with Gasteiger partial charge in [-0.05, 0) is 39.5 Å². The van der Waals surface area contributed by atoms with E-state index in [1.54, 1.807) is 6.92 Å². The number of hydrogen-bond donors (Lipinski definition) is 0. The van der Waals surface area contributed by atoms with Gasteiger partial charge in [0.25, 0.3) is 0 Å². The number of rotatable bonds is 4. The first-order valence-electron chi connectivity index (χ1n) is 9.41. The van der Waals surface area contributed by atoms with Crippen molar-refractivity contribution in [2.75, 3.05) is 39.3 Å². The Morgan fingerprint density at radius 1 is 1.17 bits per heavy atom. The van der Waals surface area contributed by atoms with E-state index in [-0.39, 0.29) is 12.0 Å². The molecule has 136 valence electrons. The summed E-state index contributed by atoms with van der Waals surface area (Å²) in [5, 5.41) is 0. The molecule has 2 aliphatic heterocycles. The summed E-state index contributed by atoms with van der Waals surface area (Å²) in [6.07, 6.45) is 4.43. The normalized spacial score (nSPS) is 24.4. The number of piperidine rings is 1. The van der Waals surface area contributed by atoms with Crippen LogP contribution in [-0.4, -0.2) is 78.1 Å². The summed E-state index contributed by atoms with van der Waals surface area (Å²) in [4.78, 5) is 29.8. The van der Waals surface area contributed by atoms with Crippen molar-refractivity contribution in [1.29, 1.82) is 0 Å². The zero-order valence-corrected chi connectivity index (χ0v) is 15.3. The van der Waals surface area contributed by atoms with E-state index >= 15 is 0 Å². The molecule has 1 aliphatic carbocycles. The van der Waals surface area contributed by atoms with Crippen LogP contribution >= 0.6 is 0 Å². The second-order valence-electron chi connectivity index (χ2n) is 7.69. The van der Waals surface area contributed by atoms with Crippen LogP contribution in [0, 0.1) is 5.41 Å². The van der Waals surface area contributed by atoms with Crippen molar-refractivity contribution in [2.24, 2.45) is 5.41 Å². The van der Waals surface area contributed by atoms with Gasteiger partial charge >= 0.3 is 6.09 Å². The molecule has 0 bridgehead atoms. The van der Waals surface area contributed by atoms with Crippen molar-refractivity contribution in [3.05, 3.63) is 0 Å². The van der Waals surface area contributed by atoms with Crippen LogP contribution in [0.5, 0.6) is 0 Å². The Kier molecular flexibility index (Phi) is 5.04. The second kappa shape index (κ2) is 6.90. The van der Waals surface area contributed by atoms with E-state index in [0.29, 0.717) is 24.1 Å². The zero-order valence-electron chi connectivity index (χ0n) is 15.3. The Morgan fingerprint density at radius 2 is 1.79 bits per heavy atom.